The van der Waals surface area contributed by atoms with Crippen molar-refractivity contribution in [1.82, 2.24) is 25.0 Å². The van der Waals surface area contributed by atoms with Crippen LogP contribution < -0.4 is 16.0 Å². The molecule has 8 nitrogen and oxygen atoms in total. The Balaban J connectivity index is 1.62. The zero-order valence-electron chi connectivity index (χ0n) is 18.2. The number of aliphatic hydroxyl groups is 1. The molecule has 3 aromatic heterocycles. The number of hydrogen-bond donors (Lipinski definition) is 4. The van der Waals surface area contributed by atoms with Gasteiger partial charge in [-0.1, -0.05) is 0 Å². The lowest BCUT2D eigenvalue weighted by molar-refractivity contribution is 0.0694. The van der Waals surface area contributed by atoms with E-state index in [2.05, 4.69) is 25.9 Å². The number of piperidine rings is 1. The van der Waals surface area contributed by atoms with Crippen LogP contribution in [-0.2, 0) is 0 Å². The highest BCUT2D eigenvalue weighted by Crippen LogP contribution is 2.27. The van der Waals surface area contributed by atoms with E-state index in [0.717, 1.165) is 0 Å². The van der Waals surface area contributed by atoms with Gasteiger partial charge in [-0.2, -0.15) is 0 Å². The normalized spacial score (nSPS) is 19.0. The van der Waals surface area contributed by atoms with E-state index in [1.165, 1.54) is 28.9 Å². The van der Waals surface area contributed by atoms with Crippen molar-refractivity contribution in [3.05, 3.63) is 47.8 Å². The van der Waals surface area contributed by atoms with Crippen molar-refractivity contribution >= 4 is 17.4 Å². The van der Waals surface area contributed by atoms with E-state index >= 15 is 0 Å². The van der Waals surface area contributed by atoms with Crippen molar-refractivity contribution in [2.75, 3.05) is 25.0 Å². The van der Waals surface area contributed by atoms with Crippen molar-refractivity contribution in [2.45, 2.75) is 38.1 Å². The molecule has 33 heavy (non-hydrogen) atoms. The lowest BCUT2D eigenvalue weighted by Gasteiger charge is -2.28. The molecule has 0 aromatic carbocycles. The number of imidazole rings is 1. The van der Waals surface area contributed by atoms with E-state index < -0.39 is 35.4 Å². The number of anilines is 1. The number of pyridine rings is 2. The third-order valence-electron chi connectivity index (χ3n) is 5.35. The second kappa shape index (κ2) is 8.99. The summed E-state index contributed by atoms with van der Waals surface area (Å²) in [4.78, 5) is 20.6. The van der Waals surface area contributed by atoms with Gasteiger partial charge in [-0.05, 0) is 38.9 Å². The number of carbonyl (C=O) groups is 1. The average molecular weight is 462 g/mol. The highest BCUT2D eigenvalue weighted by Gasteiger charge is 2.27. The number of amides is 1. The number of rotatable bonds is 6. The summed E-state index contributed by atoms with van der Waals surface area (Å²) < 4.78 is 44.7. The Labute approximate surface area is 188 Å². The number of nitrogens with zero attached hydrogens (tertiary/aromatic N) is 3. The van der Waals surface area contributed by atoms with Crippen LogP contribution >= 0.6 is 0 Å². The third kappa shape index (κ3) is 5.09. The molecule has 1 saturated heterocycles. The van der Waals surface area contributed by atoms with Crippen LogP contribution in [0.1, 0.15) is 30.6 Å². The summed E-state index contributed by atoms with van der Waals surface area (Å²) in [6.07, 6.45) is 1.99. The summed E-state index contributed by atoms with van der Waals surface area (Å²) in [5.74, 6) is -2.47. The van der Waals surface area contributed by atoms with Crippen LogP contribution in [0.2, 0.25) is 0 Å². The minimum atomic E-state index is -1.18. The van der Waals surface area contributed by atoms with E-state index in [-0.39, 0.29) is 30.2 Å². The molecule has 0 aliphatic carbocycles. The van der Waals surface area contributed by atoms with Gasteiger partial charge < -0.3 is 21.1 Å². The molecule has 0 unspecified atom stereocenters. The molecule has 0 saturated carbocycles. The molecule has 1 aliphatic heterocycles. The Bertz CT molecular complexity index is 1180. The highest BCUT2D eigenvalue weighted by molar-refractivity contribution is 5.95. The van der Waals surface area contributed by atoms with Crippen LogP contribution in [0.15, 0.2) is 30.6 Å². The number of alkyl halides is 1. The molecule has 1 amide bonds. The van der Waals surface area contributed by atoms with E-state index in [0.29, 0.717) is 30.4 Å². The Morgan fingerprint density at radius 1 is 1.33 bits per heavy atom. The van der Waals surface area contributed by atoms with Crippen molar-refractivity contribution in [3.63, 3.8) is 0 Å². The van der Waals surface area contributed by atoms with Gasteiger partial charge in [-0.25, -0.2) is 23.1 Å². The molecule has 176 valence electrons. The quantitative estimate of drug-likeness (QED) is 0.448. The van der Waals surface area contributed by atoms with Crippen LogP contribution in [0.3, 0.4) is 0 Å². The van der Waals surface area contributed by atoms with Gasteiger partial charge in [0.1, 0.15) is 17.5 Å². The third-order valence-corrected chi connectivity index (χ3v) is 5.35. The summed E-state index contributed by atoms with van der Waals surface area (Å²) in [6, 6.07) is 3.03. The summed E-state index contributed by atoms with van der Waals surface area (Å²) >= 11 is 0. The fourth-order valence-electron chi connectivity index (χ4n) is 3.59. The zero-order chi connectivity index (χ0) is 23.8. The maximum absolute atomic E-state index is 14.7. The van der Waals surface area contributed by atoms with Crippen LogP contribution in [0.4, 0.5) is 19.0 Å². The van der Waals surface area contributed by atoms with Crippen LogP contribution in [0.25, 0.3) is 17.0 Å². The monoisotopic (exact) mass is 462 g/mol. The number of aromatic nitrogens is 3. The van der Waals surface area contributed by atoms with Gasteiger partial charge in [0.05, 0.1) is 23.5 Å². The van der Waals surface area contributed by atoms with E-state index in [1.807, 2.05) is 0 Å². The van der Waals surface area contributed by atoms with Gasteiger partial charge in [0.25, 0.3) is 5.91 Å². The Morgan fingerprint density at radius 3 is 2.85 bits per heavy atom. The molecular weight excluding hydrogens is 437 g/mol. The zero-order valence-corrected chi connectivity index (χ0v) is 18.2. The van der Waals surface area contributed by atoms with Gasteiger partial charge in [-0.3, -0.25) is 9.20 Å². The molecule has 4 heterocycles. The van der Waals surface area contributed by atoms with Crippen molar-refractivity contribution in [1.29, 1.82) is 0 Å². The first-order valence-electron chi connectivity index (χ1n) is 10.6. The first-order chi connectivity index (χ1) is 15.6. The lowest BCUT2D eigenvalue weighted by Crippen LogP contribution is -2.46. The second-order valence-corrected chi connectivity index (χ2v) is 8.69. The second-order valence-electron chi connectivity index (χ2n) is 8.69. The SMILES string of the molecule is CC(C)(O)CNC(=O)c1ccn2c(-c3nc(N[C@H]4CNCC[C@@H]4F)c(F)cc3F)cnc2c1. The van der Waals surface area contributed by atoms with Crippen LogP contribution in [-0.4, -0.2) is 62.8 Å². The molecule has 11 heteroatoms. The molecule has 4 N–H and O–H groups in total. The lowest BCUT2D eigenvalue weighted by atomic mass is 10.1. The molecule has 0 radical (unpaired) electrons. The molecule has 2 atom stereocenters. The average Bonchev–Trinajstić information content (AvgIpc) is 3.18. The molecule has 0 spiro atoms. The molecule has 0 bridgehead atoms. The predicted molar refractivity (Wildman–Crippen MR) is 117 cm³/mol. The number of halogens is 3. The maximum atomic E-state index is 14.7. The minimum Gasteiger partial charge on any atom is -0.389 e. The topological polar surface area (TPSA) is 104 Å². The Hall–Kier alpha value is -3.18. The maximum Gasteiger partial charge on any atom is 0.251 e. The van der Waals surface area contributed by atoms with Crippen LogP contribution in [0, 0.1) is 11.6 Å². The number of hydrogen-bond acceptors (Lipinski definition) is 6. The van der Waals surface area contributed by atoms with Crippen molar-refractivity contribution < 1.29 is 23.1 Å². The largest absolute Gasteiger partial charge is 0.389 e. The Morgan fingerprint density at radius 2 is 2.12 bits per heavy atom. The predicted octanol–water partition coefficient (Wildman–Crippen LogP) is 2.29. The molecule has 3 aromatic rings. The highest BCUT2D eigenvalue weighted by atomic mass is 19.1. The van der Waals surface area contributed by atoms with Gasteiger partial charge >= 0.3 is 0 Å². The molecule has 1 fully saturated rings. The smallest absolute Gasteiger partial charge is 0.251 e. The number of nitrogens with one attached hydrogen (secondary N) is 3. The van der Waals surface area contributed by atoms with Gasteiger partial charge in [-0.15, -0.1) is 0 Å². The number of carbonyl (C=O) groups excluding carboxylic acids is 1. The van der Waals surface area contributed by atoms with Crippen molar-refractivity contribution in [3.8, 4) is 11.4 Å². The van der Waals surface area contributed by atoms with E-state index in [4.69, 9.17) is 0 Å². The summed E-state index contributed by atoms with van der Waals surface area (Å²) in [6.45, 7) is 4.03. The molecule has 4 rings (SSSR count). The Kier molecular flexibility index (Phi) is 6.26. The fraction of sp³-hybridized carbons (Fsp3) is 0.409. The number of fused-ring (bicyclic) bond motifs is 1. The summed E-state index contributed by atoms with van der Waals surface area (Å²) in [5.41, 5.74) is -0.329. The first kappa shape index (κ1) is 23.0. The standard InChI is InChI=1S/C22H25F3N6O2/c1-22(2,33)11-28-21(32)12-4-6-31-17(10-27-18(31)7-12)19-14(24)8-15(25)20(30-19)29-16-9-26-5-3-13(16)23/h4,6-8,10,13,16,26,33H,3,5,9,11H2,1-2H3,(H,28,32)(H,29,30)/t13-,16-/m0/s1. The minimum absolute atomic E-state index is 0.0629. The fourth-order valence-corrected chi connectivity index (χ4v) is 3.59. The van der Waals surface area contributed by atoms with Crippen LogP contribution in [0.5, 0.6) is 0 Å². The first-order valence-corrected chi connectivity index (χ1v) is 10.6. The summed E-state index contributed by atoms with van der Waals surface area (Å²) in [7, 11) is 0. The van der Waals surface area contributed by atoms with Gasteiger partial charge in [0, 0.05) is 30.9 Å². The molecule has 1 aliphatic rings. The molecular formula is C22H25F3N6O2. The van der Waals surface area contributed by atoms with Gasteiger partial charge in [0.2, 0.25) is 0 Å². The summed E-state index contributed by atoms with van der Waals surface area (Å²) in [5, 5.41) is 18.2. The van der Waals surface area contributed by atoms with Crippen molar-refractivity contribution in [2.24, 2.45) is 0 Å². The van der Waals surface area contributed by atoms with E-state index in [1.54, 1.807) is 13.8 Å². The van der Waals surface area contributed by atoms with E-state index in [9.17, 15) is 23.1 Å². The van der Waals surface area contributed by atoms with Gasteiger partial charge in [0.15, 0.2) is 17.5 Å².